The fraction of sp³-hybridized carbons (Fsp3) is 0.263. The summed E-state index contributed by atoms with van der Waals surface area (Å²) in [7, 11) is 0. The second-order valence-corrected chi connectivity index (χ2v) is 5.30. The van der Waals surface area contributed by atoms with Crippen molar-refractivity contribution in [3.05, 3.63) is 71.8 Å². The SMILES string of the molecule is CCC(C)C(OC(=O)c1ccccc1)OC(=O)c1ccccc1. The molecule has 0 saturated heterocycles. The van der Waals surface area contributed by atoms with Crippen LogP contribution in [0.25, 0.3) is 0 Å². The van der Waals surface area contributed by atoms with E-state index >= 15 is 0 Å². The van der Waals surface area contributed by atoms with Crippen LogP contribution in [0, 0.1) is 5.92 Å². The van der Waals surface area contributed by atoms with Gasteiger partial charge in [-0.15, -0.1) is 0 Å². The van der Waals surface area contributed by atoms with Crippen LogP contribution in [0.5, 0.6) is 0 Å². The highest BCUT2D eigenvalue weighted by Gasteiger charge is 2.25. The molecule has 120 valence electrons. The third kappa shape index (κ3) is 4.68. The molecule has 0 radical (unpaired) electrons. The smallest absolute Gasteiger partial charge is 0.341 e. The zero-order valence-corrected chi connectivity index (χ0v) is 13.3. The Kier molecular flexibility index (Phi) is 5.92. The maximum Gasteiger partial charge on any atom is 0.341 e. The Labute approximate surface area is 136 Å². The molecule has 23 heavy (non-hydrogen) atoms. The van der Waals surface area contributed by atoms with Crippen LogP contribution in [0.3, 0.4) is 0 Å². The van der Waals surface area contributed by atoms with Crippen LogP contribution < -0.4 is 0 Å². The lowest BCUT2D eigenvalue weighted by atomic mass is 10.1. The monoisotopic (exact) mass is 312 g/mol. The Morgan fingerprint density at radius 3 is 1.57 bits per heavy atom. The van der Waals surface area contributed by atoms with Gasteiger partial charge in [-0.3, -0.25) is 0 Å². The van der Waals surface area contributed by atoms with Gasteiger partial charge in [0.2, 0.25) is 0 Å². The summed E-state index contributed by atoms with van der Waals surface area (Å²) < 4.78 is 10.8. The van der Waals surface area contributed by atoms with Crippen LogP contribution in [-0.2, 0) is 9.47 Å². The van der Waals surface area contributed by atoms with Gasteiger partial charge in [0.25, 0.3) is 6.29 Å². The van der Waals surface area contributed by atoms with Gasteiger partial charge in [0.05, 0.1) is 11.1 Å². The van der Waals surface area contributed by atoms with Gasteiger partial charge >= 0.3 is 11.9 Å². The summed E-state index contributed by atoms with van der Waals surface area (Å²) >= 11 is 0. The second kappa shape index (κ2) is 8.13. The van der Waals surface area contributed by atoms with Crippen LogP contribution >= 0.6 is 0 Å². The van der Waals surface area contributed by atoms with E-state index in [-0.39, 0.29) is 5.92 Å². The molecule has 0 aliphatic carbocycles. The average Bonchev–Trinajstić information content (AvgIpc) is 2.61. The molecular formula is C19H20O4. The Hall–Kier alpha value is -2.62. The summed E-state index contributed by atoms with van der Waals surface area (Å²) in [5, 5.41) is 0. The first-order valence-electron chi connectivity index (χ1n) is 7.64. The van der Waals surface area contributed by atoms with Crippen molar-refractivity contribution in [3.63, 3.8) is 0 Å². The van der Waals surface area contributed by atoms with Gasteiger partial charge in [-0.05, 0) is 30.7 Å². The van der Waals surface area contributed by atoms with E-state index in [9.17, 15) is 9.59 Å². The first-order valence-corrected chi connectivity index (χ1v) is 7.64. The molecule has 2 aromatic carbocycles. The highest BCUT2D eigenvalue weighted by atomic mass is 16.7. The number of carbonyl (C=O) groups excluding carboxylic acids is 2. The van der Waals surface area contributed by atoms with Crippen molar-refractivity contribution in [2.75, 3.05) is 0 Å². The van der Waals surface area contributed by atoms with Gasteiger partial charge < -0.3 is 9.47 Å². The third-order valence-electron chi connectivity index (χ3n) is 3.57. The van der Waals surface area contributed by atoms with E-state index in [1.807, 2.05) is 26.0 Å². The normalized spacial score (nSPS) is 11.8. The number of hydrogen-bond acceptors (Lipinski definition) is 4. The summed E-state index contributed by atoms with van der Waals surface area (Å²) in [6, 6.07) is 17.3. The zero-order chi connectivity index (χ0) is 16.7. The molecule has 2 rings (SSSR count). The number of ether oxygens (including phenoxy) is 2. The number of carbonyl (C=O) groups is 2. The van der Waals surface area contributed by atoms with Crippen molar-refractivity contribution < 1.29 is 19.1 Å². The second-order valence-electron chi connectivity index (χ2n) is 5.30. The lowest BCUT2D eigenvalue weighted by Gasteiger charge is -2.23. The molecule has 4 nitrogen and oxygen atoms in total. The van der Waals surface area contributed by atoms with Gasteiger partial charge in [0.15, 0.2) is 0 Å². The molecule has 0 saturated carbocycles. The fourth-order valence-corrected chi connectivity index (χ4v) is 1.94. The fourth-order valence-electron chi connectivity index (χ4n) is 1.94. The van der Waals surface area contributed by atoms with E-state index in [1.54, 1.807) is 48.5 Å². The quantitative estimate of drug-likeness (QED) is 0.596. The molecule has 0 heterocycles. The van der Waals surface area contributed by atoms with Crippen LogP contribution in [0.1, 0.15) is 41.0 Å². The van der Waals surface area contributed by atoms with Gasteiger partial charge in [-0.1, -0.05) is 50.2 Å². The highest BCUT2D eigenvalue weighted by molar-refractivity contribution is 5.91. The highest BCUT2D eigenvalue weighted by Crippen LogP contribution is 2.17. The first kappa shape index (κ1) is 16.7. The third-order valence-corrected chi connectivity index (χ3v) is 3.57. The molecule has 4 heteroatoms. The summed E-state index contributed by atoms with van der Waals surface area (Å²) in [6.07, 6.45) is -0.199. The van der Waals surface area contributed by atoms with Crippen LogP contribution in [0.2, 0.25) is 0 Å². The van der Waals surface area contributed by atoms with Gasteiger partial charge in [0.1, 0.15) is 0 Å². The van der Waals surface area contributed by atoms with E-state index in [0.29, 0.717) is 11.1 Å². The molecule has 0 N–H and O–H groups in total. The molecule has 0 aromatic heterocycles. The lowest BCUT2D eigenvalue weighted by molar-refractivity contribution is -0.106. The molecular weight excluding hydrogens is 292 g/mol. The van der Waals surface area contributed by atoms with E-state index in [2.05, 4.69) is 0 Å². The Morgan fingerprint density at radius 2 is 1.22 bits per heavy atom. The minimum atomic E-state index is -0.916. The topological polar surface area (TPSA) is 52.6 Å². The van der Waals surface area contributed by atoms with Crippen LogP contribution in [0.4, 0.5) is 0 Å². The molecule has 0 aliphatic heterocycles. The first-order chi connectivity index (χ1) is 11.1. The molecule has 0 spiro atoms. The molecule has 1 atom stereocenters. The Balaban J connectivity index is 2.08. The Bertz CT molecular complexity index is 583. The Morgan fingerprint density at radius 1 is 0.826 bits per heavy atom. The van der Waals surface area contributed by atoms with Crippen molar-refractivity contribution in [1.82, 2.24) is 0 Å². The molecule has 0 amide bonds. The number of esters is 2. The summed E-state index contributed by atoms with van der Waals surface area (Å²) in [6.45, 7) is 3.82. The maximum atomic E-state index is 12.2. The summed E-state index contributed by atoms with van der Waals surface area (Å²) in [5.74, 6) is -1.11. The number of benzene rings is 2. The predicted molar refractivity (Wildman–Crippen MR) is 87.0 cm³/mol. The zero-order valence-electron chi connectivity index (χ0n) is 13.3. The van der Waals surface area contributed by atoms with E-state index in [1.165, 1.54) is 0 Å². The number of hydrogen-bond donors (Lipinski definition) is 0. The number of rotatable bonds is 6. The van der Waals surface area contributed by atoms with E-state index < -0.39 is 18.2 Å². The van der Waals surface area contributed by atoms with Gasteiger partial charge in [-0.25, -0.2) is 9.59 Å². The standard InChI is InChI=1S/C19H20O4/c1-3-14(2)19(22-17(20)15-10-6-4-7-11-15)23-18(21)16-12-8-5-9-13-16/h4-14,19H,3H2,1-2H3. The molecule has 1 unspecified atom stereocenters. The minimum Gasteiger partial charge on any atom is -0.421 e. The van der Waals surface area contributed by atoms with Crippen molar-refractivity contribution >= 4 is 11.9 Å². The van der Waals surface area contributed by atoms with Gasteiger partial charge in [0, 0.05) is 5.92 Å². The van der Waals surface area contributed by atoms with Crippen molar-refractivity contribution in [3.8, 4) is 0 Å². The lowest BCUT2D eigenvalue weighted by Crippen LogP contribution is -2.30. The average molecular weight is 312 g/mol. The van der Waals surface area contributed by atoms with Crippen molar-refractivity contribution in [2.24, 2.45) is 5.92 Å². The summed E-state index contributed by atoms with van der Waals surface area (Å²) in [4.78, 5) is 24.4. The van der Waals surface area contributed by atoms with Crippen molar-refractivity contribution in [2.45, 2.75) is 26.6 Å². The molecule has 0 bridgehead atoms. The maximum absolute atomic E-state index is 12.2. The largest absolute Gasteiger partial charge is 0.421 e. The molecule has 2 aromatic rings. The minimum absolute atomic E-state index is 0.102. The molecule has 0 aliphatic rings. The van der Waals surface area contributed by atoms with E-state index in [4.69, 9.17) is 9.47 Å². The van der Waals surface area contributed by atoms with Crippen LogP contribution in [0.15, 0.2) is 60.7 Å². The molecule has 0 fully saturated rings. The van der Waals surface area contributed by atoms with Gasteiger partial charge in [-0.2, -0.15) is 0 Å². The predicted octanol–water partition coefficient (Wildman–Crippen LogP) is 4.07. The van der Waals surface area contributed by atoms with Crippen molar-refractivity contribution in [1.29, 1.82) is 0 Å². The summed E-state index contributed by atoms with van der Waals surface area (Å²) in [5.41, 5.74) is 0.855. The van der Waals surface area contributed by atoms with E-state index in [0.717, 1.165) is 6.42 Å². The van der Waals surface area contributed by atoms with Crippen LogP contribution in [-0.4, -0.2) is 18.2 Å².